The predicted molar refractivity (Wildman–Crippen MR) is 73.4 cm³/mol. The van der Waals surface area contributed by atoms with Crippen molar-refractivity contribution in [1.29, 1.82) is 0 Å². The molecule has 1 aliphatic rings. The summed E-state index contributed by atoms with van der Waals surface area (Å²) in [5.74, 6) is 0.182. The highest BCUT2D eigenvalue weighted by molar-refractivity contribution is 5.85. The lowest BCUT2D eigenvalue weighted by Gasteiger charge is -2.26. The molecule has 0 aromatic rings. The Kier molecular flexibility index (Phi) is 8.56. The zero-order valence-electron chi connectivity index (χ0n) is 10.9. The van der Waals surface area contributed by atoms with Gasteiger partial charge in [0.15, 0.2) is 0 Å². The molecular formula is C12H26ClN3O. The molecule has 0 saturated carbocycles. The van der Waals surface area contributed by atoms with Gasteiger partial charge in [-0.3, -0.25) is 4.79 Å². The molecule has 0 spiro atoms. The van der Waals surface area contributed by atoms with Gasteiger partial charge >= 0.3 is 0 Å². The standard InChI is InChI=1S/C12H25N3O.ClH/c1-10(2)11(13)12(16)14-6-9-15-7-4-3-5-8-15;/h10-11H,3-9,13H2,1-2H3,(H,14,16);1H/t11-;/m0./s1. The molecule has 0 aromatic carbocycles. The number of carbonyl (C=O) groups excluding carboxylic acids is 1. The minimum absolute atomic E-state index is 0. The van der Waals surface area contributed by atoms with Gasteiger partial charge in [0.05, 0.1) is 6.04 Å². The molecule has 102 valence electrons. The maximum Gasteiger partial charge on any atom is 0.237 e. The molecule has 0 aliphatic carbocycles. The molecule has 1 heterocycles. The largest absolute Gasteiger partial charge is 0.353 e. The number of piperidine rings is 1. The Morgan fingerprint density at radius 1 is 1.29 bits per heavy atom. The Morgan fingerprint density at radius 3 is 2.41 bits per heavy atom. The van der Waals surface area contributed by atoms with Crippen molar-refractivity contribution in [1.82, 2.24) is 10.2 Å². The van der Waals surface area contributed by atoms with Crippen LogP contribution in [0.15, 0.2) is 0 Å². The number of nitrogens with two attached hydrogens (primary N) is 1. The summed E-state index contributed by atoms with van der Waals surface area (Å²) in [5, 5.41) is 2.91. The Balaban J connectivity index is 0.00000256. The number of hydrogen-bond donors (Lipinski definition) is 2. The molecule has 1 atom stereocenters. The average molecular weight is 264 g/mol. The second-order valence-corrected chi connectivity index (χ2v) is 4.96. The van der Waals surface area contributed by atoms with Crippen LogP contribution in [-0.4, -0.2) is 43.0 Å². The molecule has 0 unspecified atom stereocenters. The first-order valence-corrected chi connectivity index (χ1v) is 6.37. The molecule has 0 bridgehead atoms. The van der Waals surface area contributed by atoms with Crippen LogP contribution in [0.2, 0.25) is 0 Å². The van der Waals surface area contributed by atoms with Crippen molar-refractivity contribution < 1.29 is 4.79 Å². The molecule has 1 amide bonds. The van der Waals surface area contributed by atoms with Crippen LogP contribution in [-0.2, 0) is 4.79 Å². The van der Waals surface area contributed by atoms with Crippen molar-refractivity contribution in [3.8, 4) is 0 Å². The van der Waals surface area contributed by atoms with Gasteiger partial charge in [-0.25, -0.2) is 0 Å². The third-order valence-corrected chi connectivity index (χ3v) is 3.20. The molecule has 5 heteroatoms. The number of nitrogens with zero attached hydrogens (tertiary/aromatic N) is 1. The third kappa shape index (κ3) is 6.24. The molecule has 0 radical (unpaired) electrons. The third-order valence-electron chi connectivity index (χ3n) is 3.20. The summed E-state index contributed by atoms with van der Waals surface area (Å²) in [7, 11) is 0. The zero-order valence-corrected chi connectivity index (χ0v) is 11.8. The van der Waals surface area contributed by atoms with E-state index in [2.05, 4.69) is 10.2 Å². The highest BCUT2D eigenvalue weighted by atomic mass is 35.5. The van der Waals surface area contributed by atoms with Gasteiger partial charge in [0.25, 0.3) is 0 Å². The molecule has 17 heavy (non-hydrogen) atoms. The normalized spacial score (nSPS) is 18.6. The monoisotopic (exact) mass is 263 g/mol. The molecule has 1 rings (SSSR count). The van der Waals surface area contributed by atoms with Gasteiger partial charge in [-0.2, -0.15) is 0 Å². The van der Waals surface area contributed by atoms with Crippen molar-refractivity contribution in [3.05, 3.63) is 0 Å². The first-order chi connectivity index (χ1) is 7.61. The highest BCUT2D eigenvalue weighted by Crippen LogP contribution is 2.07. The number of hydrogen-bond acceptors (Lipinski definition) is 3. The molecule has 1 saturated heterocycles. The Hall–Kier alpha value is -0.320. The van der Waals surface area contributed by atoms with Crippen LogP contribution in [0, 0.1) is 5.92 Å². The van der Waals surface area contributed by atoms with Gasteiger partial charge in [0.2, 0.25) is 5.91 Å². The minimum atomic E-state index is -0.374. The van der Waals surface area contributed by atoms with Gasteiger partial charge in [0, 0.05) is 13.1 Å². The van der Waals surface area contributed by atoms with Crippen LogP contribution in [0.25, 0.3) is 0 Å². The minimum Gasteiger partial charge on any atom is -0.353 e. The molecule has 4 nitrogen and oxygen atoms in total. The summed E-state index contributed by atoms with van der Waals surface area (Å²) in [4.78, 5) is 14.0. The van der Waals surface area contributed by atoms with Crippen LogP contribution < -0.4 is 11.1 Å². The molecule has 1 aliphatic heterocycles. The number of amides is 1. The summed E-state index contributed by atoms with van der Waals surface area (Å²) in [6, 6.07) is -0.374. The maximum atomic E-state index is 11.6. The summed E-state index contributed by atoms with van der Waals surface area (Å²) < 4.78 is 0. The first-order valence-electron chi connectivity index (χ1n) is 6.37. The summed E-state index contributed by atoms with van der Waals surface area (Å²) in [6.45, 7) is 7.96. The molecular weight excluding hydrogens is 238 g/mol. The average Bonchev–Trinajstić information content (AvgIpc) is 2.29. The predicted octanol–water partition coefficient (Wildman–Crippen LogP) is 0.994. The smallest absolute Gasteiger partial charge is 0.237 e. The van der Waals surface area contributed by atoms with Crippen molar-refractivity contribution >= 4 is 18.3 Å². The van der Waals surface area contributed by atoms with E-state index in [0.717, 1.165) is 13.1 Å². The number of halogens is 1. The summed E-state index contributed by atoms with van der Waals surface area (Å²) in [5.41, 5.74) is 5.75. The Labute approximate surface area is 111 Å². The number of carbonyl (C=O) groups is 1. The quantitative estimate of drug-likeness (QED) is 0.778. The second kappa shape index (κ2) is 8.72. The van der Waals surface area contributed by atoms with Crippen molar-refractivity contribution in [3.63, 3.8) is 0 Å². The number of nitrogens with one attached hydrogen (secondary N) is 1. The van der Waals surface area contributed by atoms with Gasteiger partial charge in [-0.05, 0) is 31.8 Å². The fraction of sp³-hybridized carbons (Fsp3) is 0.917. The van der Waals surface area contributed by atoms with Gasteiger partial charge in [-0.1, -0.05) is 20.3 Å². The van der Waals surface area contributed by atoms with Crippen molar-refractivity contribution in [2.24, 2.45) is 11.7 Å². The zero-order chi connectivity index (χ0) is 12.0. The fourth-order valence-electron chi connectivity index (χ4n) is 1.94. The van der Waals surface area contributed by atoms with Crippen molar-refractivity contribution in [2.45, 2.75) is 39.2 Å². The van der Waals surface area contributed by atoms with Crippen molar-refractivity contribution in [2.75, 3.05) is 26.2 Å². The van der Waals surface area contributed by atoms with Gasteiger partial charge in [0.1, 0.15) is 0 Å². The maximum absolute atomic E-state index is 11.6. The molecule has 3 N–H and O–H groups in total. The van der Waals surface area contributed by atoms with E-state index in [1.165, 1.54) is 32.4 Å². The summed E-state index contributed by atoms with van der Waals surface area (Å²) >= 11 is 0. The Morgan fingerprint density at radius 2 is 1.88 bits per heavy atom. The number of rotatable bonds is 5. The van der Waals surface area contributed by atoms with E-state index in [1.54, 1.807) is 0 Å². The lowest BCUT2D eigenvalue weighted by Crippen LogP contribution is -2.46. The SMILES string of the molecule is CC(C)[C@H](N)C(=O)NCCN1CCCCC1.Cl. The van der Waals surface area contributed by atoms with Crippen LogP contribution in [0.3, 0.4) is 0 Å². The Bertz CT molecular complexity index is 218. The summed E-state index contributed by atoms with van der Waals surface area (Å²) in [6.07, 6.45) is 3.93. The van der Waals surface area contributed by atoms with E-state index in [-0.39, 0.29) is 30.3 Å². The second-order valence-electron chi connectivity index (χ2n) is 4.96. The van der Waals surface area contributed by atoms with E-state index in [0.29, 0.717) is 0 Å². The lowest BCUT2D eigenvalue weighted by molar-refractivity contribution is -0.123. The van der Waals surface area contributed by atoms with E-state index in [1.807, 2.05) is 13.8 Å². The molecule has 1 fully saturated rings. The highest BCUT2D eigenvalue weighted by Gasteiger charge is 2.17. The van der Waals surface area contributed by atoms with Gasteiger partial charge < -0.3 is 16.0 Å². The van der Waals surface area contributed by atoms with Gasteiger partial charge in [-0.15, -0.1) is 12.4 Å². The molecule has 0 aromatic heterocycles. The van der Waals surface area contributed by atoms with Crippen LogP contribution in [0.1, 0.15) is 33.1 Å². The van der Waals surface area contributed by atoms with Crippen LogP contribution in [0.5, 0.6) is 0 Å². The van der Waals surface area contributed by atoms with Crippen LogP contribution in [0.4, 0.5) is 0 Å². The van der Waals surface area contributed by atoms with E-state index in [9.17, 15) is 4.79 Å². The van der Waals surface area contributed by atoms with E-state index < -0.39 is 0 Å². The van der Waals surface area contributed by atoms with E-state index in [4.69, 9.17) is 5.73 Å². The van der Waals surface area contributed by atoms with E-state index >= 15 is 0 Å². The first kappa shape index (κ1) is 16.7. The topological polar surface area (TPSA) is 58.4 Å². The fourth-order valence-corrected chi connectivity index (χ4v) is 1.94. The number of likely N-dealkylation sites (tertiary alicyclic amines) is 1. The lowest BCUT2D eigenvalue weighted by atomic mass is 10.1. The van der Waals surface area contributed by atoms with Crippen LogP contribution >= 0.6 is 12.4 Å².